The van der Waals surface area contributed by atoms with Gasteiger partial charge in [-0.15, -0.1) is 0 Å². The van der Waals surface area contributed by atoms with Gasteiger partial charge in [-0.2, -0.15) is 5.10 Å². The molecule has 1 aromatic carbocycles. The molecule has 1 saturated heterocycles. The fourth-order valence-electron chi connectivity index (χ4n) is 2.57. The summed E-state index contributed by atoms with van der Waals surface area (Å²) in [4.78, 5) is 12.4. The maximum Gasteiger partial charge on any atom is 0.269 e. The number of benzene rings is 1. The van der Waals surface area contributed by atoms with Crippen molar-refractivity contribution in [2.75, 3.05) is 6.61 Å². The van der Waals surface area contributed by atoms with Crippen LogP contribution in [0.25, 0.3) is 11.3 Å². The van der Waals surface area contributed by atoms with Crippen LogP contribution in [0.1, 0.15) is 30.8 Å². The van der Waals surface area contributed by atoms with Gasteiger partial charge in [-0.1, -0.05) is 29.8 Å². The summed E-state index contributed by atoms with van der Waals surface area (Å²) in [6.07, 6.45) is 0.785. The molecule has 2 aromatic rings. The van der Waals surface area contributed by atoms with E-state index in [0.29, 0.717) is 23.0 Å². The molecular weight excluding hydrogens is 302 g/mol. The maximum atomic E-state index is 12.4. The zero-order chi connectivity index (χ0) is 15.7. The SMILES string of the molecule is CC1OCCC1(C)NC(=O)c1cc(-c2ccccc2Cl)n[nH]1. The first-order valence-corrected chi connectivity index (χ1v) is 7.62. The molecule has 22 heavy (non-hydrogen) atoms. The van der Waals surface area contributed by atoms with Crippen LogP contribution in [0.4, 0.5) is 0 Å². The smallest absolute Gasteiger partial charge is 0.269 e. The van der Waals surface area contributed by atoms with Crippen molar-refractivity contribution in [3.05, 3.63) is 41.0 Å². The van der Waals surface area contributed by atoms with Gasteiger partial charge in [0.25, 0.3) is 5.91 Å². The van der Waals surface area contributed by atoms with Crippen LogP contribution in [0.15, 0.2) is 30.3 Å². The molecule has 1 aliphatic rings. The van der Waals surface area contributed by atoms with Gasteiger partial charge in [-0.25, -0.2) is 0 Å². The highest BCUT2D eigenvalue weighted by atomic mass is 35.5. The van der Waals surface area contributed by atoms with E-state index in [9.17, 15) is 4.79 Å². The summed E-state index contributed by atoms with van der Waals surface area (Å²) < 4.78 is 5.54. The third kappa shape index (κ3) is 2.74. The number of amides is 1. The minimum Gasteiger partial charge on any atom is -0.376 e. The number of aromatic nitrogens is 2. The van der Waals surface area contributed by atoms with Gasteiger partial charge in [0.2, 0.25) is 0 Å². The van der Waals surface area contributed by atoms with E-state index in [-0.39, 0.29) is 17.6 Å². The lowest BCUT2D eigenvalue weighted by Gasteiger charge is -2.28. The van der Waals surface area contributed by atoms with E-state index in [1.54, 1.807) is 12.1 Å². The van der Waals surface area contributed by atoms with Crippen molar-refractivity contribution in [3.63, 3.8) is 0 Å². The van der Waals surface area contributed by atoms with Crippen LogP contribution < -0.4 is 5.32 Å². The van der Waals surface area contributed by atoms with Crippen molar-refractivity contribution in [2.24, 2.45) is 0 Å². The number of aromatic amines is 1. The van der Waals surface area contributed by atoms with E-state index in [0.717, 1.165) is 12.0 Å². The Morgan fingerprint density at radius 2 is 2.27 bits per heavy atom. The number of hydrogen-bond acceptors (Lipinski definition) is 3. The molecule has 2 atom stereocenters. The van der Waals surface area contributed by atoms with E-state index in [1.807, 2.05) is 32.0 Å². The first-order chi connectivity index (χ1) is 10.5. The molecule has 0 radical (unpaired) electrons. The topological polar surface area (TPSA) is 67.0 Å². The van der Waals surface area contributed by atoms with Crippen molar-refractivity contribution < 1.29 is 9.53 Å². The first kappa shape index (κ1) is 15.1. The normalized spacial score (nSPS) is 24.4. The average molecular weight is 320 g/mol. The molecule has 1 aromatic heterocycles. The van der Waals surface area contributed by atoms with Crippen LogP contribution in [0.5, 0.6) is 0 Å². The highest BCUT2D eigenvalue weighted by molar-refractivity contribution is 6.33. The fraction of sp³-hybridized carbons (Fsp3) is 0.375. The van der Waals surface area contributed by atoms with Crippen molar-refractivity contribution in [3.8, 4) is 11.3 Å². The molecule has 2 unspecified atom stereocenters. The Kier molecular flexibility index (Phi) is 3.93. The zero-order valence-corrected chi connectivity index (χ0v) is 13.3. The molecule has 0 saturated carbocycles. The Hall–Kier alpha value is -1.85. The van der Waals surface area contributed by atoms with Gasteiger partial charge in [0, 0.05) is 12.2 Å². The third-order valence-electron chi connectivity index (χ3n) is 4.26. The molecule has 116 valence electrons. The summed E-state index contributed by atoms with van der Waals surface area (Å²) in [7, 11) is 0. The molecule has 0 spiro atoms. The van der Waals surface area contributed by atoms with E-state index < -0.39 is 0 Å². The van der Waals surface area contributed by atoms with Gasteiger partial charge < -0.3 is 10.1 Å². The quantitative estimate of drug-likeness (QED) is 0.913. The highest BCUT2D eigenvalue weighted by Gasteiger charge is 2.38. The van der Waals surface area contributed by atoms with Crippen molar-refractivity contribution in [2.45, 2.75) is 31.9 Å². The molecule has 6 heteroatoms. The Labute approximate surface area is 134 Å². The Balaban J connectivity index is 1.79. The number of carbonyl (C=O) groups excluding carboxylic acids is 1. The number of H-pyrrole nitrogens is 1. The summed E-state index contributed by atoms with van der Waals surface area (Å²) in [6, 6.07) is 9.11. The van der Waals surface area contributed by atoms with Crippen LogP contribution in [0.3, 0.4) is 0 Å². The minimum absolute atomic E-state index is 0.0117. The number of carbonyl (C=O) groups is 1. The van der Waals surface area contributed by atoms with Crippen molar-refractivity contribution in [1.29, 1.82) is 0 Å². The van der Waals surface area contributed by atoms with Gasteiger partial charge >= 0.3 is 0 Å². The molecule has 0 aliphatic carbocycles. The van der Waals surface area contributed by atoms with E-state index >= 15 is 0 Å². The summed E-state index contributed by atoms with van der Waals surface area (Å²) >= 11 is 6.16. The second kappa shape index (κ2) is 5.74. The average Bonchev–Trinajstić information content (AvgIpc) is 3.08. The molecule has 3 rings (SSSR count). The van der Waals surface area contributed by atoms with Crippen LogP contribution in [0, 0.1) is 0 Å². The highest BCUT2D eigenvalue weighted by Crippen LogP contribution is 2.27. The van der Waals surface area contributed by atoms with Crippen LogP contribution >= 0.6 is 11.6 Å². The molecule has 1 fully saturated rings. The molecule has 2 N–H and O–H groups in total. The third-order valence-corrected chi connectivity index (χ3v) is 4.59. The van der Waals surface area contributed by atoms with E-state index in [4.69, 9.17) is 16.3 Å². The number of rotatable bonds is 3. The molecular formula is C16H18ClN3O2. The van der Waals surface area contributed by atoms with Gasteiger partial charge in [0.15, 0.2) is 0 Å². The summed E-state index contributed by atoms with van der Waals surface area (Å²) in [5, 5.41) is 10.6. The van der Waals surface area contributed by atoms with E-state index in [1.165, 1.54) is 0 Å². The van der Waals surface area contributed by atoms with Crippen molar-refractivity contribution in [1.82, 2.24) is 15.5 Å². The maximum absolute atomic E-state index is 12.4. The van der Waals surface area contributed by atoms with Crippen LogP contribution in [-0.4, -0.2) is 34.4 Å². The van der Waals surface area contributed by atoms with Gasteiger partial charge in [-0.05, 0) is 32.4 Å². The number of hydrogen-bond donors (Lipinski definition) is 2. The lowest BCUT2D eigenvalue weighted by Crippen LogP contribution is -2.50. The van der Waals surface area contributed by atoms with Gasteiger partial charge in [0.1, 0.15) is 5.69 Å². The summed E-state index contributed by atoms with van der Waals surface area (Å²) in [6.45, 7) is 4.62. The number of nitrogens with zero attached hydrogens (tertiary/aromatic N) is 1. The van der Waals surface area contributed by atoms with Gasteiger partial charge in [-0.3, -0.25) is 9.89 Å². The predicted octanol–water partition coefficient (Wildman–Crippen LogP) is 3.03. The molecule has 1 amide bonds. The predicted molar refractivity (Wildman–Crippen MR) is 84.9 cm³/mol. The lowest BCUT2D eigenvalue weighted by atomic mass is 9.94. The molecule has 0 bridgehead atoms. The summed E-state index contributed by atoms with van der Waals surface area (Å²) in [5.41, 5.74) is 1.50. The van der Waals surface area contributed by atoms with Crippen LogP contribution in [-0.2, 0) is 4.74 Å². The Bertz CT molecular complexity index is 700. The Morgan fingerprint density at radius 1 is 1.50 bits per heavy atom. The first-order valence-electron chi connectivity index (χ1n) is 7.24. The largest absolute Gasteiger partial charge is 0.376 e. The fourth-order valence-corrected chi connectivity index (χ4v) is 2.80. The lowest BCUT2D eigenvalue weighted by molar-refractivity contribution is 0.0724. The number of nitrogens with one attached hydrogen (secondary N) is 2. The molecule has 5 nitrogen and oxygen atoms in total. The number of halogens is 1. The van der Waals surface area contributed by atoms with Gasteiger partial charge in [0.05, 0.1) is 22.4 Å². The Morgan fingerprint density at radius 3 is 2.95 bits per heavy atom. The molecule has 2 heterocycles. The standard InChI is InChI=1S/C16H18ClN3O2/c1-10-16(2,7-8-22-10)18-15(21)14-9-13(19-20-14)11-5-3-4-6-12(11)17/h3-6,9-10H,7-8H2,1-2H3,(H,18,21)(H,19,20). The van der Waals surface area contributed by atoms with Crippen LogP contribution in [0.2, 0.25) is 5.02 Å². The second-order valence-electron chi connectivity index (χ2n) is 5.78. The minimum atomic E-state index is -0.354. The second-order valence-corrected chi connectivity index (χ2v) is 6.19. The number of ether oxygens (including phenoxy) is 1. The monoisotopic (exact) mass is 319 g/mol. The summed E-state index contributed by atoms with van der Waals surface area (Å²) in [5.74, 6) is -0.189. The zero-order valence-electron chi connectivity index (χ0n) is 12.5. The van der Waals surface area contributed by atoms with E-state index in [2.05, 4.69) is 15.5 Å². The van der Waals surface area contributed by atoms with Crippen molar-refractivity contribution >= 4 is 17.5 Å². The molecule has 1 aliphatic heterocycles.